The van der Waals surface area contributed by atoms with Crippen LogP contribution in [0.1, 0.15) is 35.8 Å². The predicted octanol–water partition coefficient (Wildman–Crippen LogP) is 5.56. The van der Waals surface area contributed by atoms with E-state index < -0.39 is 0 Å². The fourth-order valence-corrected chi connectivity index (χ4v) is 6.62. The lowest BCUT2D eigenvalue weighted by Crippen LogP contribution is -2.40. The average molecular weight is 624 g/mol. The summed E-state index contributed by atoms with van der Waals surface area (Å²) >= 11 is 6.55. The lowest BCUT2D eigenvalue weighted by molar-refractivity contribution is 0.0280. The van der Waals surface area contributed by atoms with E-state index in [2.05, 4.69) is 26.8 Å². The number of hydrogen-bond donors (Lipinski definition) is 0. The van der Waals surface area contributed by atoms with Crippen LogP contribution in [0.2, 0.25) is 5.02 Å². The molecule has 4 heterocycles. The van der Waals surface area contributed by atoms with Crippen molar-refractivity contribution in [3.8, 4) is 11.4 Å². The van der Waals surface area contributed by atoms with Crippen LogP contribution in [0.4, 0.5) is 11.6 Å². The minimum absolute atomic E-state index is 0.186. The van der Waals surface area contributed by atoms with Gasteiger partial charge in [0, 0.05) is 13.1 Å². The Kier molecular flexibility index (Phi) is 8.10. The van der Waals surface area contributed by atoms with E-state index >= 15 is 0 Å². The fourth-order valence-electron chi connectivity index (χ4n) is 6.37. The smallest absolute Gasteiger partial charge is 0.267 e. The van der Waals surface area contributed by atoms with Gasteiger partial charge in [0.05, 0.1) is 53.6 Å². The van der Waals surface area contributed by atoms with Gasteiger partial charge in [-0.2, -0.15) is 0 Å². The Morgan fingerprint density at radius 3 is 2.60 bits per heavy atom. The van der Waals surface area contributed by atoms with Gasteiger partial charge in [-0.15, -0.1) is 0 Å². The number of fused-ring (bicyclic) bond motifs is 2. The van der Waals surface area contributed by atoms with E-state index in [4.69, 9.17) is 36.0 Å². The van der Waals surface area contributed by atoms with Crippen LogP contribution in [0, 0.1) is 0 Å². The Balaban J connectivity index is 1.34. The Hall–Kier alpha value is -4.51. The predicted molar refractivity (Wildman–Crippen MR) is 175 cm³/mol. The van der Waals surface area contributed by atoms with E-state index in [1.807, 2.05) is 61.6 Å². The van der Waals surface area contributed by atoms with Crippen LogP contribution >= 0.6 is 11.6 Å². The van der Waals surface area contributed by atoms with E-state index in [1.54, 1.807) is 24.1 Å². The number of aromatic nitrogens is 4. The first kappa shape index (κ1) is 29.2. The van der Waals surface area contributed by atoms with Crippen LogP contribution in [0.25, 0.3) is 16.6 Å². The molecule has 7 rings (SSSR count). The molecule has 1 atom stereocenters. The Labute approximate surface area is 266 Å². The number of hydrogen-bond acceptors (Lipinski definition) is 9. The Morgan fingerprint density at radius 2 is 1.80 bits per heavy atom. The molecule has 3 aromatic carbocycles. The lowest BCUT2D eigenvalue weighted by atomic mass is 10.1. The van der Waals surface area contributed by atoms with Gasteiger partial charge in [-0.05, 0) is 61.9 Å². The van der Waals surface area contributed by atoms with E-state index in [0.717, 1.165) is 53.6 Å². The van der Waals surface area contributed by atoms with Crippen LogP contribution in [0.3, 0.4) is 0 Å². The van der Waals surface area contributed by atoms with Crippen LogP contribution in [-0.2, 0) is 17.9 Å². The van der Waals surface area contributed by atoms with Gasteiger partial charge < -0.3 is 19.3 Å². The van der Waals surface area contributed by atoms with Crippen molar-refractivity contribution in [2.45, 2.75) is 32.0 Å². The number of ether oxygens (including phenoxy) is 2. The standard InChI is InChI=1S/C34H34ClN7O3/c1-39-21-40(18-23-13-15-25(44-2)16-14-23)31-26(19-45-22-39)32(37-20-36-31)41-17-7-12-29(41)33-38-28-11-6-10-27(35)30(28)34(43)42(33)24-8-4-3-5-9-24/h3-6,8-11,13-16,20,29H,7,12,17-19,21-22H2,1-2H3/t29-/m0/s1. The highest BCUT2D eigenvalue weighted by atomic mass is 35.5. The molecule has 0 bridgehead atoms. The second-order valence-corrected chi connectivity index (χ2v) is 11.9. The largest absolute Gasteiger partial charge is 0.497 e. The van der Waals surface area contributed by atoms with Crippen molar-refractivity contribution >= 4 is 34.1 Å². The van der Waals surface area contributed by atoms with Crippen molar-refractivity contribution in [1.82, 2.24) is 24.4 Å². The summed E-state index contributed by atoms with van der Waals surface area (Å²) in [6.45, 7) is 2.85. The van der Waals surface area contributed by atoms with Gasteiger partial charge in [0.15, 0.2) is 0 Å². The molecule has 2 aliphatic rings. The fraction of sp³-hybridized carbons (Fsp3) is 0.294. The van der Waals surface area contributed by atoms with Gasteiger partial charge in [0.25, 0.3) is 5.56 Å². The quantitative estimate of drug-likeness (QED) is 0.241. The van der Waals surface area contributed by atoms with Crippen molar-refractivity contribution in [2.24, 2.45) is 0 Å². The maximum absolute atomic E-state index is 14.1. The minimum Gasteiger partial charge on any atom is -0.497 e. The molecule has 0 spiro atoms. The van der Waals surface area contributed by atoms with Gasteiger partial charge in [0.2, 0.25) is 0 Å². The Morgan fingerprint density at radius 1 is 1.00 bits per heavy atom. The molecule has 1 fully saturated rings. The van der Waals surface area contributed by atoms with Crippen molar-refractivity contribution in [2.75, 3.05) is 43.9 Å². The molecule has 5 aromatic rings. The molecule has 230 valence electrons. The minimum atomic E-state index is -0.205. The molecule has 0 amide bonds. The third-order valence-corrected chi connectivity index (χ3v) is 8.73. The molecule has 0 aliphatic carbocycles. The van der Waals surface area contributed by atoms with Gasteiger partial charge in [-0.1, -0.05) is 48.0 Å². The van der Waals surface area contributed by atoms with E-state index in [9.17, 15) is 4.79 Å². The first-order valence-corrected chi connectivity index (χ1v) is 15.4. The molecule has 1 saturated heterocycles. The zero-order valence-electron chi connectivity index (χ0n) is 25.3. The Bertz CT molecular complexity index is 1880. The molecule has 10 nitrogen and oxygen atoms in total. The normalized spacial score (nSPS) is 17.3. The van der Waals surface area contributed by atoms with E-state index in [1.165, 1.54) is 0 Å². The molecule has 2 aliphatic heterocycles. The first-order chi connectivity index (χ1) is 22.0. The summed E-state index contributed by atoms with van der Waals surface area (Å²) < 4.78 is 13.2. The summed E-state index contributed by atoms with van der Waals surface area (Å²) in [7, 11) is 3.70. The second-order valence-electron chi connectivity index (χ2n) is 11.5. The number of para-hydroxylation sites is 1. The number of benzene rings is 3. The zero-order chi connectivity index (χ0) is 30.9. The summed E-state index contributed by atoms with van der Waals surface area (Å²) in [6, 6.07) is 23.0. The number of nitrogens with zero attached hydrogens (tertiary/aromatic N) is 7. The number of rotatable bonds is 6. The molecule has 2 aromatic heterocycles. The van der Waals surface area contributed by atoms with Crippen molar-refractivity contribution in [3.05, 3.63) is 111 Å². The van der Waals surface area contributed by atoms with Gasteiger partial charge in [0.1, 0.15) is 36.3 Å². The third kappa shape index (κ3) is 5.61. The van der Waals surface area contributed by atoms with E-state index in [0.29, 0.717) is 48.3 Å². The molecule has 0 saturated carbocycles. The van der Waals surface area contributed by atoms with Crippen LogP contribution in [0.5, 0.6) is 5.75 Å². The maximum Gasteiger partial charge on any atom is 0.267 e. The van der Waals surface area contributed by atoms with Gasteiger partial charge >= 0.3 is 0 Å². The van der Waals surface area contributed by atoms with Crippen molar-refractivity contribution in [3.63, 3.8) is 0 Å². The third-order valence-electron chi connectivity index (χ3n) is 8.41. The van der Waals surface area contributed by atoms with Crippen LogP contribution in [-0.4, -0.2) is 58.5 Å². The summed E-state index contributed by atoms with van der Waals surface area (Å²) in [5.74, 6) is 3.10. The van der Waals surface area contributed by atoms with Crippen LogP contribution in [0.15, 0.2) is 83.9 Å². The lowest BCUT2D eigenvalue weighted by Gasteiger charge is -2.35. The van der Waals surface area contributed by atoms with Gasteiger partial charge in [-0.25, -0.2) is 15.0 Å². The monoisotopic (exact) mass is 623 g/mol. The highest BCUT2D eigenvalue weighted by molar-refractivity contribution is 6.35. The van der Waals surface area contributed by atoms with E-state index in [-0.39, 0.29) is 11.6 Å². The molecule has 0 N–H and O–H groups in total. The molecule has 0 unspecified atom stereocenters. The zero-order valence-corrected chi connectivity index (χ0v) is 26.0. The van der Waals surface area contributed by atoms with Gasteiger partial charge in [-0.3, -0.25) is 14.3 Å². The average Bonchev–Trinajstić information content (AvgIpc) is 3.54. The molecule has 45 heavy (non-hydrogen) atoms. The number of anilines is 2. The summed E-state index contributed by atoms with van der Waals surface area (Å²) in [6.07, 6.45) is 3.36. The number of methoxy groups -OCH3 is 1. The summed E-state index contributed by atoms with van der Waals surface area (Å²) in [4.78, 5) is 35.5. The SMILES string of the molecule is COc1ccc(CN2CN(C)COCc3c2ncnc3N2CCC[C@H]2c2nc3cccc(Cl)c3c(=O)n2-c2ccccc2)cc1. The number of halogens is 1. The highest BCUT2D eigenvalue weighted by Crippen LogP contribution is 2.40. The summed E-state index contributed by atoms with van der Waals surface area (Å²) in [5, 5.41) is 0.802. The second kappa shape index (κ2) is 12.5. The van der Waals surface area contributed by atoms with Crippen molar-refractivity contribution < 1.29 is 9.47 Å². The first-order valence-electron chi connectivity index (χ1n) is 15.0. The maximum atomic E-state index is 14.1. The molecular weight excluding hydrogens is 590 g/mol. The molecule has 11 heteroatoms. The summed E-state index contributed by atoms with van der Waals surface area (Å²) in [5.41, 5.74) is 3.20. The van der Waals surface area contributed by atoms with Crippen LogP contribution < -0.4 is 20.1 Å². The molecular formula is C34H34ClN7O3. The molecule has 0 radical (unpaired) electrons. The van der Waals surface area contributed by atoms with Crippen molar-refractivity contribution in [1.29, 1.82) is 0 Å². The topological polar surface area (TPSA) is 88.8 Å². The highest BCUT2D eigenvalue weighted by Gasteiger charge is 2.35.